The second kappa shape index (κ2) is 6.66. The Hall–Kier alpha value is -1.42. The number of nitrogens with zero attached hydrogens (tertiary/aromatic N) is 3. The van der Waals surface area contributed by atoms with Gasteiger partial charge in [0.1, 0.15) is 6.04 Å². The molecule has 0 aliphatic carbocycles. The van der Waals surface area contributed by atoms with Crippen molar-refractivity contribution in [3.8, 4) is 0 Å². The fraction of sp³-hybridized carbons (Fsp3) is 0.600. The van der Waals surface area contributed by atoms with E-state index >= 15 is 0 Å². The molecule has 1 unspecified atom stereocenters. The number of carbonyl (C=O) groups excluding carboxylic acids is 1. The van der Waals surface area contributed by atoms with Crippen LogP contribution in [0.3, 0.4) is 0 Å². The third kappa shape index (κ3) is 3.53. The number of pyridine rings is 1. The molecular formula is C15H23N3O. The molecule has 1 fully saturated rings. The van der Waals surface area contributed by atoms with E-state index in [1.807, 2.05) is 36.0 Å². The molecule has 0 N–H and O–H groups in total. The molecule has 104 valence electrons. The molecule has 4 heteroatoms. The molecule has 0 aromatic carbocycles. The molecule has 1 saturated heterocycles. The summed E-state index contributed by atoms with van der Waals surface area (Å²) in [5.74, 6) is 0.208. The Balaban J connectivity index is 2.16. The monoisotopic (exact) mass is 261 g/mol. The molecule has 1 aromatic rings. The molecular weight excluding hydrogens is 238 g/mol. The standard InChI is InChI=1S/C15H23N3O/c1-17(2)14(13-8-7-9-16-12-13)15(19)18-10-5-3-4-6-11-18/h7-9,12,14H,3-6,10-11H2,1-2H3. The lowest BCUT2D eigenvalue weighted by Crippen LogP contribution is -2.41. The van der Waals surface area contributed by atoms with Gasteiger partial charge in [0.2, 0.25) is 5.91 Å². The highest BCUT2D eigenvalue weighted by Crippen LogP contribution is 2.22. The Bertz CT molecular complexity index is 397. The zero-order valence-electron chi connectivity index (χ0n) is 11.9. The zero-order valence-corrected chi connectivity index (χ0v) is 11.9. The average molecular weight is 261 g/mol. The van der Waals surface area contributed by atoms with E-state index in [2.05, 4.69) is 4.98 Å². The van der Waals surface area contributed by atoms with Crippen LogP contribution in [0, 0.1) is 0 Å². The molecule has 19 heavy (non-hydrogen) atoms. The minimum absolute atomic E-state index is 0.208. The van der Waals surface area contributed by atoms with E-state index < -0.39 is 0 Å². The number of amides is 1. The molecule has 2 heterocycles. The summed E-state index contributed by atoms with van der Waals surface area (Å²) in [7, 11) is 3.90. The van der Waals surface area contributed by atoms with Crippen LogP contribution in [0.25, 0.3) is 0 Å². The lowest BCUT2D eigenvalue weighted by molar-refractivity contribution is -0.136. The number of aromatic nitrogens is 1. The summed E-state index contributed by atoms with van der Waals surface area (Å²) in [6.07, 6.45) is 8.26. The molecule has 2 rings (SSSR count). The summed E-state index contributed by atoms with van der Waals surface area (Å²) >= 11 is 0. The fourth-order valence-corrected chi connectivity index (χ4v) is 2.66. The molecule has 0 saturated carbocycles. The number of hydrogen-bond donors (Lipinski definition) is 0. The first kappa shape index (κ1) is 14.0. The minimum atomic E-state index is -0.216. The van der Waals surface area contributed by atoms with Gasteiger partial charge in [-0.2, -0.15) is 0 Å². The van der Waals surface area contributed by atoms with Crippen molar-refractivity contribution in [2.45, 2.75) is 31.7 Å². The largest absolute Gasteiger partial charge is 0.341 e. The summed E-state index contributed by atoms with van der Waals surface area (Å²) in [4.78, 5) is 20.9. The van der Waals surface area contributed by atoms with Gasteiger partial charge < -0.3 is 4.90 Å². The molecule has 0 radical (unpaired) electrons. The van der Waals surface area contributed by atoms with E-state index in [-0.39, 0.29) is 11.9 Å². The van der Waals surface area contributed by atoms with E-state index in [4.69, 9.17) is 0 Å². The second-order valence-corrected chi connectivity index (χ2v) is 5.39. The highest BCUT2D eigenvalue weighted by Gasteiger charge is 2.28. The molecule has 0 bridgehead atoms. The quantitative estimate of drug-likeness (QED) is 0.836. The normalized spacial score (nSPS) is 18.2. The Morgan fingerprint density at radius 3 is 2.47 bits per heavy atom. The van der Waals surface area contributed by atoms with Crippen molar-refractivity contribution in [3.05, 3.63) is 30.1 Å². The Morgan fingerprint density at radius 1 is 1.26 bits per heavy atom. The molecule has 0 spiro atoms. The Kier molecular flexibility index (Phi) is 4.91. The Morgan fingerprint density at radius 2 is 1.95 bits per heavy atom. The van der Waals surface area contributed by atoms with Gasteiger partial charge >= 0.3 is 0 Å². The lowest BCUT2D eigenvalue weighted by atomic mass is 10.1. The molecule has 1 aliphatic heterocycles. The maximum Gasteiger partial charge on any atom is 0.244 e. The predicted octanol–water partition coefficient (Wildman–Crippen LogP) is 2.09. The van der Waals surface area contributed by atoms with Crippen LogP contribution < -0.4 is 0 Å². The fourth-order valence-electron chi connectivity index (χ4n) is 2.66. The first-order chi connectivity index (χ1) is 9.20. The van der Waals surface area contributed by atoms with Crippen molar-refractivity contribution in [2.24, 2.45) is 0 Å². The first-order valence-corrected chi connectivity index (χ1v) is 7.05. The van der Waals surface area contributed by atoms with E-state index in [1.165, 1.54) is 12.8 Å². The Labute approximate surface area is 115 Å². The summed E-state index contributed by atoms with van der Waals surface area (Å²) in [6, 6.07) is 3.65. The zero-order chi connectivity index (χ0) is 13.7. The van der Waals surface area contributed by atoms with Gasteiger partial charge in [0.15, 0.2) is 0 Å². The highest BCUT2D eigenvalue weighted by molar-refractivity contribution is 5.83. The van der Waals surface area contributed by atoms with Crippen LogP contribution in [0.4, 0.5) is 0 Å². The third-order valence-electron chi connectivity index (χ3n) is 3.67. The lowest BCUT2D eigenvalue weighted by Gasteiger charge is -2.30. The summed E-state index contributed by atoms with van der Waals surface area (Å²) in [6.45, 7) is 1.78. The number of likely N-dealkylation sites (tertiary alicyclic amines) is 1. The van der Waals surface area contributed by atoms with Crippen molar-refractivity contribution < 1.29 is 4.79 Å². The topological polar surface area (TPSA) is 36.4 Å². The van der Waals surface area contributed by atoms with Crippen molar-refractivity contribution in [1.29, 1.82) is 0 Å². The van der Waals surface area contributed by atoms with Crippen LogP contribution in [0.1, 0.15) is 37.3 Å². The third-order valence-corrected chi connectivity index (χ3v) is 3.67. The summed E-state index contributed by atoms with van der Waals surface area (Å²) < 4.78 is 0. The van der Waals surface area contributed by atoms with E-state index in [1.54, 1.807) is 12.4 Å². The van der Waals surface area contributed by atoms with Crippen molar-refractivity contribution in [2.75, 3.05) is 27.2 Å². The van der Waals surface area contributed by atoms with Gasteiger partial charge in [-0.05, 0) is 38.6 Å². The SMILES string of the molecule is CN(C)C(C(=O)N1CCCCCC1)c1cccnc1. The van der Waals surface area contributed by atoms with Gasteiger partial charge in [-0.3, -0.25) is 14.7 Å². The summed E-state index contributed by atoms with van der Waals surface area (Å²) in [5.41, 5.74) is 0.974. The van der Waals surface area contributed by atoms with Gasteiger partial charge in [0.05, 0.1) is 0 Å². The van der Waals surface area contributed by atoms with Crippen LogP contribution in [0.5, 0.6) is 0 Å². The van der Waals surface area contributed by atoms with E-state index in [0.29, 0.717) is 0 Å². The van der Waals surface area contributed by atoms with Crippen molar-refractivity contribution in [3.63, 3.8) is 0 Å². The average Bonchev–Trinajstić information content (AvgIpc) is 2.68. The number of hydrogen-bond acceptors (Lipinski definition) is 3. The maximum atomic E-state index is 12.7. The molecule has 4 nitrogen and oxygen atoms in total. The van der Waals surface area contributed by atoms with Crippen LogP contribution in [0.2, 0.25) is 0 Å². The van der Waals surface area contributed by atoms with Gasteiger partial charge in [0.25, 0.3) is 0 Å². The van der Waals surface area contributed by atoms with Gasteiger partial charge in [0, 0.05) is 25.5 Å². The smallest absolute Gasteiger partial charge is 0.244 e. The van der Waals surface area contributed by atoms with Gasteiger partial charge in [-0.15, -0.1) is 0 Å². The molecule has 1 atom stereocenters. The number of rotatable bonds is 3. The summed E-state index contributed by atoms with van der Waals surface area (Å²) in [5, 5.41) is 0. The molecule has 1 amide bonds. The van der Waals surface area contributed by atoms with Gasteiger partial charge in [-0.25, -0.2) is 0 Å². The second-order valence-electron chi connectivity index (χ2n) is 5.39. The molecule has 1 aliphatic rings. The van der Waals surface area contributed by atoms with Gasteiger partial charge in [-0.1, -0.05) is 18.9 Å². The van der Waals surface area contributed by atoms with Crippen LogP contribution in [0.15, 0.2) is 24.5 Å². The maximum absolute atomic E-state index is 12.7. The van der Waals surface area contributed by atoms with Crippen molar-refractivity contribution in [1.82, 2.24) is 14.8 Å². The first-order valence-electron chi connectivity index (χ1n) is 7.05. The molecule has 1 aromatic heterocycles. The highest BCUT2D eigenvalue weighted by atomic mass is 16.2. The van der Waals surface area contributed by atoms with Crippen LogP contribution in [-0.2, 0) is 4.79 Å². The number of likely N-dealkylation sites (N-methyl/N-ethyl adjacent to an activating group) is 1. The van der Waals surface area contributed by atoms with Crippen LogP contribution >= 0.6 is 0 Å². The van der Waals surface area contributed by atoms with E-state index in [0.717, 1.165) is 31.5 Å². The van der Waals surface area contributed by atoms with E-state index in [9.17, 15) is 4.79 Å². The minimum Gasteiger partial charge on any atom is -0.341 e. The number of carbonyl (C=O) groups is 1. The van der Waals surface area contributed by atoms with Crippen LogP contribution in [-0.4, -0.2) is 47.9 Å². The predicted molar refractivity (Wildman–Crippen MR) is 75.7 cm³/mol. The van der Waals surface area contributed by atoms with Crippen molar-refractivity contribution >= 4 is 5.91 Å².